The van der Waals surface area contributed by atoms with Crippen molar-refractivity contribution < 1.29 is 4.74 Å². The molecule has 1 aromatic heterocycles. The average Bonchev–Trinajstić information content (AvgIpc) is 2.25. The maximum Gasteiger partial charge on any atom is 0.144 e. The molecule has 1 aromatic carbocycles. The number of nitrogens with zero attached hydrogens (tertiary/aromatic N) is 1. The molecule has 82 valence electrons. The number of nitrogen functional groups attached to an aromatic ring is 1. The molecule has 0 radical (unpaired) electrons. The fourth-order valence-electron chi connectivity index (χ4n) is 1.35. The second-order valence-electron chi connectivity index (χ2n) is 3.43. The van der Waals surface area contributed by atoms with Crippen LogP contribution < -0.4 is 10.5 Å². The summed E-state index contributed by atoms with van der Waals surface area (Å²) in [6.45, 7) is 1.96. The van der Waals surface area contributed by atoms with E-state index < -0.39 is 0 Å². The molecule has 0 atom stereocenters. The molecule has 0 saturated heterocycles. The third kappa shape index (κ3) is 2.33. The molecule has 2 rings (SSSR count). The number of hydrogen-bond acceptors (Lipinski definition) is 3. The minimum Gasteiger partial charge on any atom is -0.456 e. The van der Waals surface area contributed by atoms with Gasteiger partial charge in [-0.2, -0.15) is 0 Å². The maximum atomic E-state index is 5.75. The van der Waals surface area contributed by atoms with Gasteiger partial charge in [-0.25, -0.2) is 0 Å². The molecule has 16 heavy (non-hydrogen) atoms. The molecule has 0 aliphatic heterocycles. The van der Waals surface area contributed by atoms with E-state index in [0.29, 0.717) is 0 Å². The molecule has 0 aliphatic carbocycles. The summed E-state index contributed by atoms with van der Waals surface area (Å²) < 4.78 is 6.58. The molecule has 2 aromatic rings. The number of pyridine rings is 1. The number of rotatable bonds is 2. The van der Waals surface area contributed by atoms with E-state index in [1.54, 1.807) is 18.5 Å². The predicted octanol–water partition coefficient (Wildman–Crippen LogP) is 3.53. The van der Waals surface area contributed by atoms with Gasteiger partial charge in [-0.3, -0.25) is 4.98 Å². The summed E-state index contributed by atoms with van der Waals surface area (Å²) in [5.74, 6) is 1.53. The highest BCUT2D eigenvalue weighted by molar-refractivity contribution is 9.10. The average molecular weight is 279 g/mol. The van der Waals surface area contributed by atoms with Gasteiger partial charge in [-0.05, 0) is 46.6 Å². The lowest BCUT2D eigenvalue weighted by Gasteiger charge is -2.10. The lowest BCUT2D eigenvalue weighted by molar-refractivity contribution is 0.475. The van der Waals surface area contributed by atoms with Gasteiger partial charge in [-0.15, -0.1) is 0 Å². The summed E-state index contributed by atoms with van der Waals surface area (Å²) in [6.07, 6.45) is 3.38. The first-order chi connectivity index (χ1) is 7.66. The summed E-state index contributed by atoms with van der Waals surface area (Å²) in [7, 11) is 0. The number of aromatic nitrogens is 1. The zero-order chi connectivity index (χ0) is 11.5. The number of nitrogens with two attached hydrogens (primary N) is 1. The second-order valence-corrected chi connectivity index (χ2v) is 4.29. The van der Waals surface area contributed by atoms with Crippen molar-refractivity contribution in [3.63, 3.8) is 0 Å². The Balaban J connectivity index is 2.31. The van der Waals surface area contributed by atoms with E-state index in [0.717, 1.165) is 27.2 Å². The Hall–Kier alpha value is -1.55. The molecule has 2 N–H and O–H groups in total. The van der Waals surface area contributed by atoms with Gasteiger partial charge in [0.05, 0.1) is 4.47 Å². The minimum absolute atomic E-state index is 0.735. The number of halogens is 1. The second kappa shape index (κ2) is 4.53. The minimum atomic E-state index is 0.735. The fraction of sp³-hybridized carbons (Fsp3) is 0.0833. The highest BCUT2D eigenvalue weighted by Gasteiger charge is 2.04. The topological polar surface area (TPSA) is 48.1 Å². The Bertz CT molecular complexity index is 514. The summed E-state index contributed by atoms with van der Waals surface area (Å²) >= 11 is 3.38. The number of benzene rings is 1. The van der Waals surface area contributed by atoms with Crippen LogP contribution >= 0.6 is 15.9 Å². The number of hydrogen-bond donors (Lipinski definition) is 1. The van der Waals surface area contributed by atoms with E-state index in [2.05, 4.69) is 20.9 Å². The lowest BCUT2D eigenvalue weighted by Crippen LogP contribution is -1.91. The molecule has 0 saturated carbocycles. The van der Waals surface area contributed by atoms with Crippen molar-refractivity contribution >= 4 is 21.6 Å². The van der Waals surface area contributed by atoms with Crippen LogP contribution in [-0.4, -0.2) is 4.98 Å². The van der Waals surface area contributed by atoms with Gasteiger partial charge >= 0.3 is 0 Å². The molecule has 4 heteroatoms. The summed E-state index contributed by atoms with van der Waals surface area (Å²) in [5, 5.41) is 0. The van der Waals surface area contributed by atoms with Crippen LogP contribution in [0.3, 0.4) is 0 Å². The highest BCUT2D eigenvalue weighted by atomic mass is 79.9. The van der Waals surface area contributed by atoms with Gasteiger partial charge in [0.15, 0.2) is 0 Å². The zero-order valence-corrected chi connectivity index (χ0v) is 10.4. The van der Waals surface area contributed by atoms with E-state index in [-0.39, 0.29) is 0 Å². The monoisotopic (exact) mass is 278 g/mol. The van der Waals surface area contributed by atoms with Crippen LogP contribution in [0.25, 0.3) is 0 Å². The van der Waals surface area contributed by atoms with Crippen LogP contribution in [0.2, 0.25) is 0 Å². The van der Waals surface area contributed by atoms with Crippen LogP contribution in [0.1, 0.15) is 5.56 Å². The van der Waals surface area contributed by atoms with Crippen molar-refractivity contribution in [3.8, 4) is 11.5 Å². The van der Waals surface area contributed by atoms with Gasteiger partial charge < -0.3 is 10.5 Å². The first-order valence-electron chi connectivity index (χ1n) is 4.80. The molecular weight excluding hydrogens is 268 g/mol. The van der Waals surface area contributed by atoms with Crippen molar-refractivity contribution in [1.29, 1.82) is 0 Å². The molecule has 0 bridgehead atoms. The van der Waals surface area contributed by atoms with E-state index in [1.807, 2.05) is 25.1 Å². The van der Waals surface area contributed by atoms with E-state index in [4.69, 9.17) is 10.5 Å². The smallest absolute Gasteiger partial charge is 0.144 e. The van der Waals surface area contributed by atoms with Gasteiger partial charge in [0.25, 0.3) is 0 Å². The maximum absolute atomic E-state index is 5.75. The normalized spacial score (nSPS) is 10.1. The molecule has 0 unspecified atom stereocenters. The van der Waals surface area contributed by atoms with Crippen LogP contribution in [-0.2, 0) is 0 Å². The Labute approximate surface area is 102 Å². The van der Waals surface area contributed by atoms with E-state index >= 15 is 0 Å². The molecule has 0 aliphatic rings. The number of aryl methyl sites for hydroxylation is 1. The van der Waals surface area contributed by atoms with E-state index in [9.17, 15) is 0 Å². The number of ether oxygens (including phenoxy) is 1. The Morgan fingerprint density at radius 3 is 2.75 bits per heavy atom. The Kier molecular flexibility index (Phi) is 3.10. The van der Waals surface area contributed by atoms with Crippen LogP contribution in [0, 0.1) is 6.92 Å². The molecule has 0 amide bonds. The third-order valence-electron chi connectivity index (χ3n) is 2.15. The predicted molar refractivity (Wildman–Crippen MR) is 67.6 cm³/mol. The van der Waals surface area contributed by atoms with Gasteiger partial charge in [0.2, 0.25) is 0 Å². The van der Waals surface area contributed by atoms with Gasteiger partial charge in [0.1, 0.15) is 11.5 Å². The van der Waals surface area contributed by atoms with Crippen molar-refractivity contribution in [1.82, 2.24) is 4.98 Å². The molecule has 0 fully saturated rings. The van der Waals surface area contributed by atoms with Gasteiger partial charge in [-0.1, -0.05) is 0 Å². The lowest BCUT2D eigenvalue weighted by atomic mass is 10.2. The van der Waals surface area contributed by atoms with Crippen LogP contribution in [0.15, 0.2) is 41.1 Å². The SMILES string of the molecule is Cc1cc(N)ccc1Oc1ccncc1Br. The fourth-order valence-corrected chi connectivity index (χ4v) is 1.68. The standard InChI is InChI=1S/C12H11BrN2O/c1-8-6-9(14)2-3-11(8)16-12-4-5-15-7-10(12)13/h2-7H,14H2,1H3. The quantitative estimate of drug-likeness (QED) is 0.855. The van der Waals surface area contributed by atoms with Crippen molar-refractivity contribution in [2.45, 2.75) is 6.92 Å². The summed E-state index contributed by atoms with van der Waals surface area (Å²) in [4.78, 5) is 3.98. The largest absolute Gasteiger partial charge is 0.456 e. The third-order valence-corrected chi connectivity index (χ3v) is 2.75. The summed E-state index contributed by atoms with van der Waals surface area (Å²) in [5.41, 5.74) is 7.41. The first kappa shape index (κ1) is 11.0. The van der Waals surface area contributed by atoms with Crippen molar-refractivity contribution in [2.75, 3.05) is 5.73 Å². The molecular formula is C12H11BrN2O. The van der Waals surface area contributed by atoms with Crippen LogP contribution in [0.5, 0.6) is 11.5 Å². The van der Waals surface area contributed by atoms with E-state index in [1.165, 1.54) is 0 Å². The number of anilines is 1. The Morgan fingerprint density at radius 1 is 1.25 bits per heavy atom. The first-order valence-corrected chi connectivity index (χ1v) is 5.59. The van der Waals surface area contributed by atoms with Crippen molar-refractivity contribution in [3.05, 3.63) is 46.7 Å². The Morgan fingerprint density at radius 2 is 2.06 bits per heavy atom. The molecule has 0 spiro atoms. The molecule has 1 heterocycles. The van der Waals surface area contributed by atoms with Gasteiger partial charge in [0, 0.05) is 24.1 Å². The zero-order valence-electron chi connectivity index (χ0n) is 8.77. The van der Waals surface area contributed by atoms with Crippen molar-refractivity contribution in [2.24, 2.45) is 0 Å². The molecule has 3 nitrogen and oxygen atoms in total. The van der Waals surface area contributed by atoms with Crippen LogP contribution in [0.4, 0.5) is 5.69 Å². The summed E-state index contributed by atoms with van der Waals surface area (Å²) in [6, 6.07) is 7.36. The highest BCUT2D eigenvalue weighted by Crippen LogP contribution is 2.30.